The van der Waals surface area contributed by atoms with Gasteiger partial charge in [0.15, 0.2) is 0 Å². The van der Waals surface area contributed by atoms with Crippen molar-refractivity contribution in [1.29, 1.82) is 5.26 Å². The van der Waals surface area contributed by atoms with Gasteiger partial charge >= 0.3 is 0 Å². The largest absolute Gasteiger partial charge is 0.343 e. The Balaban J connectivity index is 2.00. The van der Waals surface area contributed by atoms with E-state index in [0.717, 1.165) is 16.5 Å². The Labute approximate surface area is 120 Å². The number of nitriles is 1. The first kappa shape index (κ1) is 12.9. The number of nitro groups is 1. The minimum absolute atomic E-state index is 0.0849. The van der Waals surface area contributed by atoms with E-state index in [1.165, 1.54) is 6.07 Å². The lowest BCUT2D eigenvalue weighted by atomic mass is 10.1. The quantitative estimate of drug-likeness (QED) is 0.543. The number of aromatic nitrogens is 1. The lowest BCUT2D eigenvalue weighted by Gasteiger charge is -2.06. The Hall–Kier alpha value is -3.13. The number of benzene rings is 2. The highest BCUT2D eigenvalue weighted by Gasteiger charge is 2.07. The molecular weight excluding hydrogens is 266 g/mol. The van der Waals surface area contributed by atoms with Gasteiger partial charge in [0.05, 0.1) is 16.6 Å². The van der Waals surface area contributed by atoms with E-state index in [0.29, 0.717) is 12.1 Å². The molecule has 0 aliphatic heterocycles. The monoisotopic (exact) mass is 277 g/mol. The van der Waals surface area contributed by atoms with Gasteiger partial charge in [-0.3, -0.25) is 10.1 Å². The van der Waals surface area contributed by atoms with Gasteiger partial charge in [-0.05, 0) is 29.1 Å². The summed E-state index contributed by atoms with van der Waals surface area (Å²) in [6.07, 6.45) is 1.92. The zero-order chi connectivity index (χ0) is 14.8. The molecule has 0 saturated heterocycles. The van der Waals surface area contributed by atoms with Crippen molar-refractivity contribution in [2.75, 3.05) is 0 Å². The van der Waals surface area contributed by atoms with Crippen LogP contribution >= 0.6 is 0 Å². The number of hydrogen-bond acceptors (Lipinski definition) is 3. The highest BCUT2D eigenvalue weighted by molar-refractivity contribution is 5.81. The summed E-state index contributed by atoms with van der Waals surface area (Å²) in [5.74, 6) is 0. The van der Waals surface area contributed by atoms with Gasteiger partial charge in [0.1, 0.15) is 0 Å². The van der Waals surface area contributed by atoms with Crippen LogP contribution < -0.4 is 0 Å². The van der Waals surface area contributed by atoms with Crippen molar-refractivity contribution in [1.82, 2.24) is 4.57 Å². The molecule has 1 heterocycles. The Morgan fingerprint density at radius 3 is 2.81 bits per heavy atom. The predicted octanol–water partition coefficient (Wildman–Crippen LogP) is 3.47. The van der Waals surface area contributed by atoms with E-state index >= 15 is 0 Å². The van der Waals surface area contributed by atoms with Crippen LogP contribution in [0.5, 0.6) is 0 Å². The predicted molar refractivity (Wildman–Crippen MR) is 78.9 cm³/mol. The second kappa shape index (κ2) is 5.10. The molecule has 0 atom stereocenters. The molecule has 2 aromatic carbocycles. The molecule has 0 N–H and O–H groups in total. The minimum atomic E-state index is -0.398. The maximum Gasteiger partial charge on any atom is 0.269 e. The molecule has 0 saturated carbocycles. The summed E-state index contributed by atoms with van der Waals surface area (Å²) in [5.41, 5.74) is 2.48. The maximum absolute atomic E-state index is 10.8. The van der Waals surface area contributed by atoms with Crippen LogP contribution in [0.15, 0.2) is 54.7 Å². The number of hydrogen-bond donors (Lipinski definition) is 0. The molecule has 1 aromatic heterocycles. The Bertz CT molecular complexity index is 875. The van der Waals surface area contributed by atoms with Gasteiger partial charge in [0.2, 0.25) is 0 Å². The zero-order valence-electron chi connectivity index (χ0n) is 11.1. The Kier molecular flexibility index (Phi) is 3.13. The summed E-state index contributed by atoms with van der Waals surface area (Å²) in [6.45, 7) is 0.528. The summed E-state index contributed by atoms with van der Waals surface area (Å²) in [4.78, 5) is 10.4. The summed E-state index contributed by atoms with van der Waals surface area (Å²) in [7, 11) is 0. The summed E-state index contributed by atoms with van der Waals surface area (Å²) < 4.78 is 1.98. The van der Waals surface area contributed by atoms with Crippen LogP contribution in [0.3, 0.4) is 0 Å². The first-order chi connectivity index (χ1) is 10.2. The second-order valence-electron chi connectivity index (χ2n) is 4.76. The van der Waals surface area contributed by atoms with Crippen molar-refractivity contribution < 1.29 is 4.92 Å². The van der Waals surface area contributed by atoms with Crippen molar-refractivity contribution in [2.45, 2.75) is 6.54 Å². The molecule has 3 aromatic rings. The van der Waals surface area contributed by atoms with Gasteiger partial charge in [-0.2, -0.15) is 5.26 Å². The molecule has 5 nitrogen and oxygen atoms in total. The van der Waals surface area contributed by atoms with Gasteiger partial charge in [-0.15, -0.1) is 0 Å². The molecular formula is C16H11N3O2. The van der Waals surface area contributed by atoms with Crippen LogP contribution in [0.2, 0.25) is 0 Å². The molecule has 0 aliphatic rings. The third-order valence-electron chi connectivity index (χ3n) is 3.38. The van der Waals surface area contributed by atoms with E-state index in [4.69, 9.17) is 5.26 Å². The van der Waals surface area contributed by atoms with Crippen LogP contribution in [0.25, 0.3) is 10.9 Å². The molecule has 0 radical (unpaired) electrons. The molecule has 5 heteroatoms. The molecule has 3 rings (SSSR count). The fourth-order valence-corrected chi connectivity index (χ4v) is 2.36. The highest BCUT2D eigenvalue weighted by atomic mass is 16.6. The Morgan fingerprint density at radius 2 is 2.05 bits per heavy atom. The lowest BCUT2D eigenvalue weighted by molar-refractivity contribution is -0.384. The molecule has 0 spiro atoms. The van der Waals surface area contributed by atoms with Crippen LogP contribution in [-0.2, 0) is 6.54 Å². The molecule has 0 bridgehead atoms. The number of non-ortho nitro benzene ring substituents is 1. The zero-order valence-corrected chi connectivity index (χ0v) is 11.1. The average molecular weight is 277 g/mol. The summed E-state index contributed by atoms with van der Waals surface area (Å²) in [6, 6.07) is 16.2. The fraction of sp³-hybridized carbons (Fsp3) is 0.0625. The van der Waals surface area contributed by atoms with E-state index in [1.807, 2.05) is 35.0 Å². The van der Waals surface area contributed by atoms with Gasteiger partial charge < -0.3 is 4.57 Å². The lowest BCUT2D eigenvalue weighted by Crippen LogP contribution is -1.99. The van der Waals surface area contributed by atoms with Crippen LogP contribution in [-0.4, -0.2) is 9.49 Å². The number of nitro benzene ring substituents is 1. The molecule has 0 unspecified atom stereocenters. The average Bonchev–Trinajstić information content (AvgIpc) is 2.89. The number of rotatable bonds is 3. The standard InChI is InChI=1S/C16H11N3O2/c17-10-12-4-5-14-6-7-18(16(14)9-12)11-13-2-1-3-15(8-13)19(20)21/h1-9H,11H2. The van der Waals surface area contributed by atoms with Crippen molar-refractivity contribution in [3.8, 4) is 6.07 Å². The van der Waals surface area contributed by atoms with Crippen LogP contribution in [0, 0.1) is 21.4 Å². The van der Waals surface area contributed by atoms with Crippen molar-refractivity contribution in [3.05, 3.63) is 76.0 Å². The van der Waals surface area contributed by atoms with Crippen molar-refractivity contribution in [2.24, 2.45) is 0 Å². The second-order valence-corrected chi connectivity index (χ2v) is 4.76. The van der Waals surface area contributed by atoms with Gasteiger partial charge in [0.25, 0.3) is 5.69 Å². The molecule has 21 heavy (non-hydrogen) atoms. The summed E-state index contributed by atoms with van der Waals surface area (Å²) in [5, 5.41) is 20.8. The number of fused-ring (bicyclic) bond motifs is 1. The van der Waals surface area contributed by atoms with Gasteiger partial charge in [0, 0.05) is 30.4 Å². The maximum atomic E-state index is 10.8. The molecule has 0 aliphatic carbocycles. The first-order valence-corrected chi connectivity index (χ1v) is 6.40. The van der Waals surface area contributed by atoms with Gasteiger partial charge in [-0.1, -0.05) is 18.2 Å². The normalized spacial score (nSPS) is 10.4. The molecule has 0 fully saturated rings. The highest BCUT2D eigenvalue weighted by Crippen LogP contribution is 2.20. The van der Waals surface area contributed by atoms with E-state index in [-0.39, 0.29) is 5.69 Å². The van der Waals surface area contributed by atoms with E-state index in [1.54, 1.807) is 18.2 Å². The molecule has 0 amide bonds. The molecule has 102 valence electrons. The van der Waals surface area contributed by atoms with Crippen molar-refractivity contribution in [3.63, 3.8) is 0 Å². The van der Waals surface area contributed by atoms with Crippen LogP contribution in [0.4, 0.5) is 5.69 Å². The van der Waals surface area contributed by atoms with E-state index in [2.05, 4.69) is 6.07 Å². The first-order valence-electron chi connectivity index (χ1n) is 6.40. The smallest absolute Gasteiger partial charge is 0.269 e. The summed E-state index contributed by atoms with van der Waals surface area (Å²) >= 11 is 0. The van der Waals surface area contributed by atoms with E-state index < -0.39 is 4.92 Å². The Morgan fingerprint density at radius 1 is 1.19 bits per heavy atom. The number of nitrogens with zero attached hydrogens (tertiary/aromatic N) is 3. The van der Waals surface area contributed by atoms with Gasteiger partial charge in [-0.25, -0.2) is 0 Å². The third kappa shape index (κ3) is 2.47. The van der Waals surface area contributed by atoms with Crippen molar-refractivity contribution >= 4 is 16.6 Å². The minimum Gasteiger partial charge on any atom is -0.343 e. The van der Waals surface area contributed by atoms with E-state index in [9.17, 15) is 10.1 Å². The topological polar surface area (TPSA) is 71.9 Å². The van der Waals surface area contributed by atoms with Crippen LogP contribution in [0.1, 0.15) is 11.1 Å². The SMILES string of the molecule is N#Cc1ccc2ccn(Cc3cccc([N+](=O)[O-])c3)c2c1. The fourth-order valence-electron chi connectivity index (χ4n) is 2.36. The third-order valence-corrected chi connectivity index (χ3v) is 3.38.